The number of carboxylic acids is 1. The standard InChI is InChI=1S/C9H10O2.K/c10-9(11)7-6-8-4-2-1-3-5-8;/h1-5H,6-7H2,(H,10,11);/q;+1/p-1. The van der Waals surface area contributed by atoms with Gasteiger partial charge in [0, 0.05) is 5.97 Å². The Morgan fingerprint density at radius 2 is 1.83 bits per heavy atom. The van der Waals surface area contributed by atoms with Crippen molar-refractivity contribution < 1.29 is 61.3 Å². The second-order valence-corrected chi connectivity index (χ2v) is 2.36. The number of rotatable bonds is 3. The number of benzene rings is 1. The largest absolute Gasteiger partial charge is 1.00 e. The van der Waals surface area contributed by atoms with Gasteiger partial charge in [-0.25, -0.2) is 0 Å². The maximum absolute atomic E-state index is 10.1. The zero-order chi connectivity index (χ0) is 8.10. The number of carboxylic acid groups (broad SMARTS) is 1. The van der Waals surface area contributed by atoms with Crippen molar-refractivity contribution in [2.24, 2.45) is 0 Å². The summed E-state index contributed by atoms with van der Waals surface area (Å²) in [6.45, 7) is 0. The van der Waals surface area contributed by atoms with Gasteiger partial charge in [0.05, 0.1) is 0 Å². The summed E-state index contributed by atoms with van der Waals surface area (Å²) in [6, 6.07) is 9.50. The first kappa shape index (κ1) is 12.3. The minimum absolute atomic E-state index is 0. The Balaban J connectivity index is 0.00000121. The number of hydrogen-bond acceptors (Lipinski definition) is 2. The number of carbonyl (C=O) groups excluding carboxylic acids is 1. The van der Waals surface area contributed by atoms with Gasteiger partial charge in [-0.05, 0) is 18.4 Å². The van der Waals surface area contributed by atoms with Crippen molar-refractivity contribution in [1.82, 2.24) is 0 Å². The van der Waals surface area contributed by atoms with E-state index in [4.69, 9.17) is 0 Å². The fourth-order valence-electron chi connectivity index (χ4n) is 0.891. The zero-order valence-electron chi connectivity index (χ0n) is 7.12. The molecule has 0 unspecified atom stereocenters. The van der Waals surface area contributed by atoms with Crippen molar-refractivity contribution in [2.45, 2.75) is 12.8 Å². The molecule has 0 aliphatic heterocycles. The fraction of sp³-hybridized carbons (Fsp3) is 0.222. The molecule has 1 rings (SSSR count). The maximum Gasteiger partial charge on any atom is 1.00 e. The molecule has 0 bridgehead atoms. The Morgan fingerprint density at radius 3 is 2.33 bits per heavy atom. The number of aryl methyl sites for hydroxylation is 1. The van der Waals surface area contributed by atoms with Crippen LogP contribution < -0.4 is 56.5 Å². The van der Waals surface area contributed by atoms with E-state index in [-0.39, 0.29) is 57.8 Å². The average Bonchev–Trinajstić information content (AvgIpc) is 2.03. The van der Waals surface area contributed by atoms with Crippen LogP contribution in [0.1, 0.15) is 12.0 Å². The molecule has 0 atom stereocenters. The Labute approximate surface area is 114 Å². The second-order valence-electron chi connectivity index (χ2n) is 2.36. The van der Waals surface area contributed by atoms with Crippen molar-refractivity contribution in [3.63, 3.8) is 0 Å². The van der Waals surface area contributed by atoms with Crippen LogP contribution in [0.25, 0.3) is 0 Å². The Kier molecular flexibility index (Phi) is 6.99. The van der Waals surface area contributed by atoms with Crippen LogP contribution in [0.4, 0.5) is 0 Å². The molecule has 58 valence electrons. The molecule has 0 saturated carbocycles. The molecule has 0 saturated heterocycles. The molecule has 0 aliphatic rings. The molecule has 0 aromatic heterocycles. The predicted octanol–water partition coefficient (Wildman–Crippen LogP) is -2.63. The quantitative estimate of drug-likeness (QED) is 0.487. The third-order valence-corrected chi connectivity index (χ3v) is 1.46. The topological polar surface area (TPSA) is 40.1 Å². The van der Waals surface area contributed by atoms with E-state index in [0.717, 1.165) is 5.56 Å². The van der Waals surface area contributed by atoms with Crippen LogP contribution in [0.3, 0.4) is 0 Å². The SMILES string of the molecule is O=C([O-])CCc1ccccc1.[K+]. The molecule has 0 spiro atoms. The van der Waals surface area contributed by atoms with E-state index >= 15 is 0 Å². The van der Waals surface area contributed by atoms with Crippen LogP contribution in [0.15, 0.2) is 30.3 Å². The molecule has 1 aromatic rings. The summed E-state index contributed by atoms with van der Waals surface area (Å²) >= 11 is 0. The van der Waals surface area contributed by atoms with Gasteiger partial charge in [-0.15, -0.1) is 0 Å². The van der Waals surface area contributed by atoms with E-state index in [1.807, 2.05) is 30.3 Å². The van der Waals surface area contributed by atoms with Gasteiger partial charge < -0.3 is 9.90 Å². The normalized spacial score (nSPS) is 8.67. The Hall–Kier alpha value is 0.326. The van der Waals surface area contributed by atoms with Crippen LogP contribution in [-0.4, -0.2) is 5.97 Å². The van der Waals surface area contributed by atoms with Gasteiger partial charge in [0.15, 0.2) is 0 Å². The van der Waals surface area contributed by atoms with E-state index in [2.05, 4.69) is 0 Å². The van der Waals surface area contributed by atoms with Gasteiger partial charge in [0.1, 0.15) is 0 Å². The van der Waals surface area contributed by atoms with E-state index in [9.17, 15) is 9.90 Å². The van der Waals surface area contributed by atoms with Gasteiger partial charge in [0.2, 0.25) is 0 Å². The smallest absolute Gasteiger partial charge is 0.550 e. The van der Waals surface area contributed by atoms with E-state index < -0.39 is 5.97 Å². The van der Waals surface area contributed by atoms with Crippen molar-refractivity contribution in [3.8, 4) is 0 Å². The van der Waals surface area contributed by atoms with Gasteiger partial charge in [-0.1, -0.05) is 30.3 Å². The molecule has 12 heavy (non-hydrogen) atoms. The summed E-state index contributed by atoms with van der Waals surface area (Å²) in [5.41, 5.74) is 1.04. The first-order valence-corrected chi connectivity index (χ1v) is 3.53. The predicted molar refractivity (Wildman–Crippen MR) is 39.8 cm³/mol. The maximum atomic E-state index is 10.1. The van der Waals surface area contributed by atoms with Crippen molar-refractivity contribution in [2.75, 3.05) is 0 Å². The summed E-state index contributed by atoms with van der Waals surface area (Å²) in [7, 11) is 0. The number of hydrogen-bond donors (Lipinski definition) is 0. The zero-order valence-corrected chi connectivity index (χ0v) is 10.2. The third kappa shape index (κ3) is 5.06. The molecule has 1 aromatic carbocycles. The van der Waals surface area contributed by atoms with E-state index in [0.29, 0.717) is 6.42 Å². The van der Waals surface area contributed by atoms with E-state index in [1.165, 1.54) is 0 Å². The number of aliphatic carboxylic acids is 1. The van der Waals surface area contributed by atoms with Crippen LogP contribution in [-0.2, 0) is 11.2 Å². The molecule has 0 fully saturated rings. The molecule has 0 amide bonds. The summed E-state index contributed by atoms with van der Waals surface area (Å²) in [5.74, 6) is -0.992. The molecule has 0 N–H and O–H groups in total. The second kappa shape index (κ2) is 6.80. The molecular formula is C9H9KO2. The number of carbonyl (C=O) groups is 1. The van der Waals surface area contributed by atoms with Crippen LogP contribution in [0, 0.1) is 0 Å². The summed E-state index contributed by atoms with van der Waals surface area (Å²) < 4.78 is 0. The molecule has 0 heterocycles. The van der Waals surface area contributed by atoms with Gasteiger partial charge in [0.25, 0.3) is 0 Å². The van der Waals surface area contributed by atoms with Crippen molar-refractivity contribution >= 4 is 5.97 Å². The van der Waals surface area contributed by atoms with Gasteiger partial charge in [-0.3, -0.25) is 0 Å². The third-order valence-electron chi connectivity index (χ3n) is 1.46. The van der Waals surface area contributed by atoms with Crippen molar-refractivity contribution in [3.05, 3.63) is 35.9 Å². The van der Waals surface area contributed by atoms with Gasteiger partial charge >= 0.3 is 51.4 Å². The van der Waals surface area contributed by atoms with E-state index in [1.54, 1.807) is 0 Å². The fourth-order valence-corrected chi connectivity index (χ4v) is 0.891. The van der Waals surface area contributed by atoms with Gasteiger partial charge in [-0.2, -0.15) is 0 Å². The molecule has 2 nitrogen and oxygen atoms in total. The molecule has 0 radical (unpaired) electrons. The average molecular weight is 188 g/mol. The Bertz CT molecular complexity index is 234. The Morgan fingerprint density at radius 1 is 1.25 bits per heavy atom. The van der Waals surface area contributed by atoms with Crippen LogP contribution in [0.2, 0.25) is 0 Å². The van der Waals surface area contributed by atoms with Crippen molar-refractivity contribution in [1.29, 1.82) is 0 Å². The molecular weight excluding hydrogens is 179 g/mol. The first-order chi connectivity index (χ1) is 5.29. The minimum Gasteiger partial charge on any atom is -0.550 e. The summed E-state index contributed by atoms with van der Waals surface area (Å²) in [4.78, 5) is 10.1. The molecule has 3 heteroatoms. The minimum atomic E-state index is -0.992. The van der Waals surface area contributed by atoms with Crippen LogP contribution >= 0.6 is 0 Å². The first-order valence-electron chi connectivity index (χ1n) is 3.53. The summed E-state index contributed by atoms with van der Waals surface area (Å²) in [6.07, 6.45) is 0.660. The van der Waals surface area contributed by atoms with Crippen LogP contribution in [0.5, 0.6) is 0 Å². The summed E-state index contributed by atoms with van der Waals surface area (Å²) in [5, 5.41) is 10.1. The monoisotopic (exact) mass is 188 g/mol. The molecule has 0 aliphatic carbocycles.